The number of amides is 1. The molecule has 0 aromatic heterocycles. The van der Waals surface area contributed by atoms with E-state index in [4.69, 9.17) is 16.1 Å². The predicted molar refractivity (Wildman–Crippen MR) is 58.1 cm³/mol. The van der Waals surface area contributed by atoms with Gasteiger partial charge in [0.25, 0.3) is 0 Å². The first-order valence-electron chi connectivity index (χ1n) is 4.80. The van der Waals surface area contributed by atoms with Crippen molar-refractivity contribution in [3.8, 4) is 6.07 Å². The summed E-state index contributed by atoms with van der Waals surface area (Å²) in [4.78, 5) is 10.5. The molecular formula is C11H13N3O2. The summed E-state index contributed by atoms with van der Waals surface area (Å²) >= 11 is 0. The second kappa shape index (κ2) is 5.85. The van der Waals surface area contributed by atoms with Crippen LogP contribution in [0.3, 0.4) is 0 Å². The molecule has 0 aliphatic rings. The monoisotopic (exact) mass is 219 g/mol. The van der Waals surface area contributed by atoms with Gasteiger partial charge >= 0.3 is 0 Å². The van der Waals surface area contributed by atoms with Gasteiger partial charge in [0, 0.05) is 13.1 Å². The largest absolute Gasteiger partial charge is 0.382 e. The zero-order valence-corrected chi connectivity index (χ0v) is 8.68. The van der Waals surface area contributed by atoms with Crippen LogP contribution in [0.4, 0.5) is 0 Å². The number of carbonyl (C=O) groups is 1. The average Bonchev–Trinajstić information content (AvgIpc) is 2.29. The number of hydrogen-bond donors (Lipinski definition) is 3. The highest BCUT2D eigenvalue weighted by Gasteiger charge is 2.09. The molecule has 0 saturated heterocycles. The van der Waals surface area contributed by atoms with Gasteiger partial charge in [0.15, 0.2) is 0 Å². The van der Waals surface area contributed by atoms with E-state index in [1.54, 1.807) is 18.2 Å². The second-order valence-corrected chi connectivity index (χ2v) is 3.36. The van der Waals surface area contributed by atoms with Crippen LogP contribution < -0.4 is 11.1 Å². The molecule has 1 rings (SSSR count). The van der Waals surface area contributed by atoms with E-state index in [9.17, 15) is 4.79 Å². The summed E-state index contributed by atoms with van der Waals surface area (Å²) in [7, 11) is 0. The number of aliphatic hydroxyl groups excluding tert-OH is 1. The minimum Gasteiger partial charge on any atom is -0.382 e. The number of primary amides is 1. The highest BCUT2D eigenvalue weighted by atomic mass is 16.3. The van der Waals surface area contributed by atoms with E-state index in [0.717, 1.165) is 5.56 Å². The summed E-state index contributed by atoms with van der Waals surface area (Å²) < 4.78 is 0. The number of aliphatic hydroxyl groups is 1. The van der Waals surface area contributed by atoms with Gasteiger partial charge in [0.05, 0.1) is 11.6 Å². The van der Waals surface area contributed by atoms with Gasteiger partial charge in [0.1, 0.15) is 6.10 Å². The number of rotatable bonds is 5. The summed E-state index contributed by atoms with van der Waals surface area (Å²) in [6, 6.07) is 9.11. The maximum Gasteiger partial charge on any atom is 0.247 e. The van der Waals surface area contributed by atoms with Gasteiger partial charge in [-0.1, -0.05) is 12.1 Å². The number of nitrogens with one attached hydrogen (secondary N) is 1. The Balaban J connectivity index is 2.43. The minimum atomic E-state index is -1.18. The lowest BCUT2D eigenvalue weighted by atomic mass is 10.1. The fraction of sp³-hybridized carbons (Fsp3) is 0.273. The minimum absolute atomic E-state index is 0.103. The molecule has 0 radical (unpaired) electrons. The third kappa shape index (κ3) is 3.69. The van der Waals surface area contributed by atoms with Crippen LogP contribution >= 0.6 is 0 Å². The molecule has 1 aromatic carbocycles. The third-order valence-corrected chi connectivity index (χ3v) is 2.05. The summed E-state index contributed by atoms with van der Waals surface area (Å²) in [5.74, 6) is -0.752. The molecule has 84 valence electrons. The number of benzene rings is 1. The lowest BCUT2D eigenvalue weighted by Gasteiger charge is -2.08. The molecular weight excluding hydrogens is 206 g/mol. The Morgan fingerprint density at radius 1 is 1.62 bits per heavy atom. The molecule has 1 amide bonds. The van der Waals surface area contributed by atoms with Crippen LogP contribution in [0, 0.1) is 11.3 Å². The zero-order valence-electron chi connectivity index (χ0n) is 8.68. The molecule has 0 aliphatic heterocycles. The Morgan fingerprint density at radius 3 is 3.00 bits per heavy atom. The van der Waals surface area contributed by atoms with Gasteiger partial charge in [-0.3, -0.25) is 4.79 Å². The van der Waals surface area contributed by atoms with E-state index >= 15 is 0 Å². The quantitative estimate of drug-likeness (QED) is 0.621. The van der Waals surface area contributed by atoms with Gasteiger partial charge in [-0.25, -0.2) is 0 Å². The van der Waals surface area contributed by atoms with Gasteiger partial charge in [0.2, 0.25) is 5.91 Å². The smallest absolute Gasteiger partial charge is 0.247 e. The summed E-state index contributed by atoms with van der Waals surface area (Å²) in [5.41, 5.74) is 6.38. The van der Waals surface area contributed by atoms with E-state index in [2.05, 4.69) is 5.32 Å². The van der Waals surface area contributed by atoms with Crippen molar-refractivity contribution in [2.75, 3.05) is 6.54 Å². The molecule has 0 spiro atoms. The maximum atomic E-state index is 10.5. The first-order valence-corrected chi connectivity index (χ1v) is 4.80. The Hall–Kier alpha value is -1.90. The number of carbonyl (C=O) groups excluding carboxylic acids is 1. The van der Waals surface area contributed by atoms with Crippen molar-refractivity contribution in [1.82, 2.24) is 5.32 Å². The Labute approximate surface area is 93.5 Å². The second-order valence-electron chi connectivity index (χ2n) is 3.36. The van der Waals surface area contributed by atoms with E-state index < -0.39 is 12.0 Å². The molecule has 16 heavy (non-hydrogen) atoms. The standard InChI is InChI=1S/C11H13N3O2/c12-5-8-2-1-3-9(4-8)6-14-7-10(15)11(13)16/h1-4,10,14-15H,6-7H2,(H2,13,16). The molecule has 1 atom stereocenters. The first-order chi connectivity index (χ1) is 7.63. The van der Waals surface area contributed by atoms with Gasteiger partial charge in [-0.2, -0.15) is 5.26 Å². The molecule has 1 unspecified atom stereocenters. The van der Waals surface area contributed by atoms with Crippen LogP contribution in [0.2, 0.25) is 0 Å². The van der Waals surface area contributed by atoms with Crippen molar-refractivity contribution in [1.29, 1.82) is 5.26 Å². The molecule has 4 N–H and O–H groups in total. The van der Waals surface area contributed by atoms with Crippen molar-refractivity contribution < 1.29 is 9.90 Å². The van der Waals surface area contributed by atoms with E-state index in [1.165, 1.54) is 0 Å². The van der Waals surface area contributed by atoms with Crippen molar-refractivity contribution in [3.05, 3.63) is 35.4 Å². The zero-order chi connectivity index (χ0) is 12.0. The predicted octanol–water partition coefficient (Wildman–Crippen LogP) is -0.506. The van der Waals surface area contributed by atoms with Crippen molar-refractivity contribution in [2.45, 2.75) is 12.6 Å². The molecule has 5 heteroatoms. The molecule has 0 saturated carbocycles. The van der Waals surface area contributed by atoms with Crippen LogP contribution in [0.25, 0.3) is 0 Å². The third-order valence-electron chi connectivity index (χ3n) is 2.05. The highest BCUT2D eigenvalue weighted by Crippen LogP contribution is 2.03. The number of nitriles is 1. The normalized spacial score (nSPS) is 11.8. The van der Waals surface area contributed by atoms with Crippen LogP contribution in [-0.2, 0) is 11.3 Å². The lowest BCUT2D eigenvalue weighted by Crippen LogP contribution is -2.37. The Bertz CT molecular complexity index is 412. The van der Waals surface area contributed by atoms with Crippen molar-refractivity contribution >= 4 is 5.91 Å². The fourth-order valence-corrected chi connectivity index (χ4v) is 1.20. The summed E-state index contributed by atoms with van der Waals surface area (Å²) in [5, 5.41) is 20.7. The van der Waals surface area contributed by atoms with Crippen LogP contribution in [-0.4, -0.2) is 23.7 Å². The SMILES string of the molecule is N#Cc1cccc(CNCC(O)C(N)=O)c1. The fourth-order valence-electron chi connectivity index (χ4n) is 1.20. The highest BCUT2D eigenvalue weighted by molar-refractivity contribution is 5.78. The molecule has 0 bridgehead atoms. The number of nitrogens with two attached hydrogens (primary N) is 1. The van der Waals surface area contributed by atoms with Crippen LogP contribution in [0.1, 0.15) is 11.1 Å². The Kier molecular flexibility index (Phi) is 4.45. The van der Waals surface area contributed by atoms with Gasteiger partial charge in [-0.05, 0) is 17.7 Å². The molecule has 5 nitrogen and oxygen atoms in total. The van der Waals surface area contributed by atoms with Crippen LogP contribution in [0.15, 0.2) is 24.3 Å². The van der Waals surface area contributed by atoms with E-state index in [-0.39, 0.29) is 6.54 Å². The van der Waals surface area contributed by atoms with Gasteiger partial charge in [-0.15, -0.1) is 0 Å². The molecule has 0 heterocycles. The summed E-state index contributed by atoms with van der Waals surface area (Å²) in [6.45, 7) is 0.575. The Morgan fingerprint density at radius 2 is 2.38 bits per heavy atom. The van der Waals surface area contributed by atoms with E-state index in [0.29, 0.717) is 12.1 Å². The lowest BCUT2D eigenvalue weighted by molar-refractivity contribution is -0.125. The first kappa shape index (κ1) is 12.2. The molecule has 0 aliphatic carbocycles. The van der Waals surface area contributed by atoms with Crippen LogP contribution in [0.5, 0.6) is 0 Å². The summed E-state index contributed by atoms with van der Waals surface area (Å²) in [6.07, 6.45) is -1.18. The number of hydrogen-bond acceptors (Lipinski definition) is 4. The maximum absolute atomic E-state index is 10.5. The molecule has 1 aromatic rings. The number of nitrogens with zero attached hydrogens (tertiary/aromatic N) is 1. The van der Waals surface area contributed by atoms with Crippen molar-refractivity contribution in [2.24, 2.45) is 5.73 Å². The van der Waals surface area contributed by atoms with E-state index in [1.807, 2.05) is 12.1 Å². The van der Waals surface area contributed by atoms with Crippen molar-refractivity contribution in [3.63, 3.8) is 0 Å². The average molecular weight is 219 g/mol. The molecule has 0 fully saturated rings. The topological polar surface area (TPSA) is 99.1 Å². The van der Waals surface area contributed by atoms with Gasteiger partial charge < -0.3 is 16.2 Å².